The number of aromatic nitrogens is 8. The van der Waals surface area contributed by atoms with Crippen molar-refractivity contribution in [2.75, 3.05) is 149 Å². The van der Waals surface area contributed by atoms with Crippen molar-refractivity contribution in [3.8, 4) is 11.3 Å². The van der Waals surface area contributed by atoms with E-state index in [1.807, 2.05) is 84.0 Å². The first-order chi connectivity index (χ1) is 67.1. The number of esters is 1. The van der Waals surface area contributed by atoms with E-state index in [0.717, 1.165) is 51.0 Å². The summed E-state index contributed by atoms with van der Waals surface area (Å²) in [5.74, 6) is -7.68. The van der Waals surface area contributed by atoms with Crippen LogP contribution in [-0.2, 0) is 95.6 Å². The van der Waals surface area contributed by atoms with Crippen molar-refractivity contribution >= 4 is 99.0 Å². The van der Waals surface area contributed by atoms with Crippen LogP contribution in [-0.4, -0.2) is 316 Å². The molecule has 15 atom stereocenters. The number of H-pyrrole nitrogens is 1. The van der Waals surface area contributed by atoms with E-state index in [-0.39, 0.29) is 99.2 Å². The molecule has 0 radical (unpaired) electrons. The highest BCUT2D eigenvalue weighted by atomic mass is 16.6. The highest BCUT2D eigenvalue weighted by molar-refractivity contribution is 6.39. The molecule has 8 aliphatic rings. The number of methoxy groups -OCH3 is 3. The summed E-state index contributed by atoms with van der Waals surface area (Å²) in [4.78, 5) is 148. The number of hydrogen-bond donors (Lipinski definition) is 7. The average molecular weight is 1920 g/mol. The third kappa shape index (κ3) is 26.0. The zero-order valence-electron chi connectivity index (χ0n) is 81.6. The van der Waals surface area contributed by atoms with Crippen molar-refractivity contribution in [2.45, 2.75) is 212 Å². The van der Waals surface area contributed by atoms with E-state index in [4.69, 9.17) is 68.6 Å². The van der Waals surface area contributed by atoms with E-state index in [1.54, 1.807) is 65.3 Å². The number of benzene rings is 1. The van der Waals surface area contributed by atoms with Gasteiger partial charge in [-0.25, -0.2) is 49.1 Å². The molecule has 1 aromatic carbocycles. The molecule has 14 rings (SSSR count). The number of amides is 4. The van der Waals surface area contributed by atoms with Crippen LogP contribution in [0.15, 0.2) is 114 Å². The van der Waals surface area contributed by atoms with Crippen molar-refractivity contribution < 1.29 is 95.9 Å². The van der Waals surface area contributed by atoms with Crippen molar-refractivity contribution in [3.63, 3.8) is 0 Å². The number of nitrogens with zero attached hydrogens (tertiary/aromatic N) is 13. The van der Waals surface area contributed by atoms with Crippen LogP contribution in [0.25, 0.3) is 33.3 Å². The van der Waals surface area contributed by atoms with Crippen LogP contribution in [0.5, 0.6) is 0 Å². The summed E-state index contributed by atoms with van der Waals surface area (Å²) < 4.78 is 66.0. The number of rotatable bonds is 27. The Balaban J connectivity index is 0.481. The minimum Gasteiger partial charge on any atom is -0.460 e. The number of nitrogens with one attached hydrogen (secondary N) is 3. The average Bonchev–Trinajstić information content (AvgIpc) is 1.67. The molecule has 5 aromatic heterocycles. The smallest absolute Gasteiger partial charge is 0.445 e. The molecule has 3 saturated heterocycles. The van der Waals surface area contributed by atoms with Crippen LogP contribution in [0, 0.1) is 35.5 Å². The predicted octanol–water partition coefficient (Wildman–Crippen LogP) is 7.66. The highest BCUT2D eigenvalue weighted by Gasteiger charge is 2.54. The number of allylic oxidation sites excluding steroid dienone is 6. The zero-order chi connectivity index (χ0) is 98.6. The molecule has 7 aliphatic heterocycles. The molecule has 0 spiro atoms. The molecule has 12 heterocycles. The Morgan fingerprint density at radius 3 is 2.25 bits per heavy atom. The van der Waals surface area contributed by atoms with Gasteiger partial charge in [-0.3, -0.25) is 28.8 Å². The maximum Gasteiger partial charge on any atom is 0.445 e. The van der Waals surface area contributed by atoms with Gasteiger partial charge in [0.05, 0.1) is 139 Å². The fraction of sp³-hybridized carbons (Fsp3) is 0.584. The number of anilines is 3. The molecule has 1 saturated carbocycles. The Labute approximate surface area is 810 Å². The third-order valence-electron chi connectivity index (χ3n) is 28.2. The summed E-state index contributed by atoms with van der Waals surface area (Å²) >= 11 is 0. The van der Waals surface area contributed by atoms with E-state index in [2.05, 4.69) is 63.6 Å². The molecule has 2 bridgehead atoms. The molecule has 0 unspecified atom stereocenters. The number of guanidine groups is 1. The lowest BCUT2D eigenvalue weighted by molar-refractivity contribution is -0.265. The minimum absolute atomic E-state index is 0.0260. The van der Waals surface area contributed by atoms with Crippen LogP contribution >= 0.6 is 0 Å². The van der Waals surface area contributed by atoms with Gasteiger partial charge in [0.2, 0.25) is 17.6 Å². The molecule has 38 heteroatoms. The second-order valence-corrected chi connectivity index (χ2v) is 38.0. The number of aliphatic hydroxyl groups excluding tert-OH is 1. The van der Waals surface area contributed by atoms with Gasteiger partial charge < -0.3 is 98.9 Å². The second kappa shape index (κ2) is 48.6. The number of Topliss-reactive ketones (excluding diaryl/α,β-unsaturated/α-hetero) is 3. The first kappa shape index (κ1) is 103. The molecule has 139 heavy (non-hydrogen) atoms. The van der Waals surface area contributed by atoms with Crippen LogP contribution in [0.1, 0.15) is 165 Å². The standard InChI is InChI=1S/C101H136N18O20/c1-61-16-12-11-13-17-62(2)81(130-8)52-75-23-19-67(7)101(129,139-75)90(124)96(126)118-31-15-14-18-78(118)97(127)137-82(53-79(120)63(3)47-66(6)88(123)89(132-10)87(122)65(5)46-61)64(4)48-68-21-24-80(83(50-68)131-9)138-100(128)117-33-27-77-74(59-117)55-107-98(111-77)114-34-36-115(37-35-114)99-108-56-76(91(102)112-99)95(125)105-30-39-134-41-43-136-45-44-135-42-40-133-38-28-84(121)116-32-26-70-49-69(20-22-72(70)58-116)57-119-94-85(92(103)109-60-110-94)86(113-119)73-51-71-25-29-104-93(71)106-54-73/h11-13,16-17,20,22,25,29,47,49,51,54-56,60-61,63-65,67-68,75,78,80-83,88-89,123,129H,14-15,18-19,21,23-24,26-28,30-46,48,50,52-53,57-59H2,1-10H3,(H6,102,103,104,105,106,108,109,110,112,113,125)/p+1/b13-11+,16-12+,62-17+,66-47+/t61-,63-,64-,65-,67-,68+,75+,78+,80-,81+,82+,83-,88-,89+,101-/m1/s1. The van der Waals surface area contributed by atoms with Crippen LogP contribution < -0.4 is 31.7 Å². The van der Waals surface area contributed by atoms with Crippen LogP contribution in [0.3, 0.4) is 0 Å². The molecule has 4 amide bonds. The van der Waals surface area contributed by atoms with Gasteiger partial charge in [-0.15, -0.1) is 0 Å². The number of ketones is 3. The van der Waals surface area contributed by atoms with Crippen molar-refractivity contribution in [1.82, 2.24) is 74.6 Å². The number of nitrogens with two attached hydrogens (primary N) is 2. The zero-order valence-corrected chi connectivity index (χ0v) is 81.6. The normalized spacial score (nSPS) is 27.3. The number of ether oxygens (including phenoxy) is 10. The number of carbonyl (C=O) groups is 8. The number of pyridine rings is 1. The van der Waals surface area contributed by atoms with Gasteiger partial charge in [0, 0.05) is 121 Å². The Morgan fingerprint density at radius 1 is 0.741 bits per heavy atom. The Kier molecular flexibility index (Phi) is 36.1. The second-order valence-electron chi connectivity index (χ2n) is 38.0. The molecule has 6 aromatic rings. The SMILES string of the molecule is CO[C@H]1C[C@@H]2CC[C@@H](C)[C@@](O)(O2)C(=O)C(=O)N2CCCC[C@H]2C(=O)O[C@H]([C@H](C)C[C@@H]2CC[C@@H](OC(=O)N3CCC4=C(C=[N+]=C(N5CCN(c6ncc(C(=O)NCCOCCOCCOCCOCCC(=O)N7CCc8cc(Cn9nc(-c%10cnc%11[nH]ccc%11c%10)c%10c(N)ncnc%109)ccc8C7)c(N)n6)CC5)N4)C3)[C@H](OC)C2)CC(=O)[C@H](C)/C=C(\C)[C@@H](O)[C@@H](OC)C(=O)[C@H](C)C[C@H](C)/C=C/C=C/C=C/1C. The molecule has 38 nitrogen and oxygen atoms in total. The summed E-state index contributed by atoms with van der Waals surface area (Å²) in [7, 11) is 4.52. The van der Waals surface area contributed by atoms with Gasteiger partial charge in [0.25, 0.3) is 17.6 Å². The summed E-state index contributed by atoms with van der Waals surface area (Å²) in [5.41, 5.74) is 22.2. The lowest BCUT2D eigenvalue weighted by Crippen LogP contribution is -2.61. The molecule has 4 fully saturated rings. The fourth-order valence-electron chi connectivity index (χ4n) is 19.9. The van der Waals surface area contributed by atoms with Crippen molar-refractivity contribution in [1.29, 1.82) is 0 Å². The molecule has 750 valence electrons. The quantitative estimate of drug-likeness (QED) is 0.00855. The molecule has 9 N–H and O–H groups in total. The van der Waals surface area contributed by atoms with Gasteiger partial charge in [0.15, 0.2) is 17.6 Å². The van der Waals surface area contributed by atoms with Crippen molar-refractivity contribution in [2.24, 2.45) is 35.5 Å². The number of hydrogen-bond acceptors (Lipinski definition) is 31. The number of aliphatic hydroxyl groups is 2. The van der Waals surface area contributed by atoms with Gasteiger partial charge in [-0.1, -0.05) is 89.3 Å². The minimum atomic E-state index is -2.49. The number of piperazine rings is 1. The van der Waals surface area contributed by atoms with Gasteiger partial charge in [0.1, 0.15) is 65.5 Å². The van der Waals surface area contributed by atoms with E-state index in [0.29, 0.717) is 196 Å². The number of aromatic amines is 1. The van der Waals surface area contributed by atoms with E-state index < -0.39 is 108 Å². The predicted molar refractivity (Wildman–Crippen MR) is 519 cm³/mol. The van der Waals surface area contributed by atoms with Gasteiger partial charge >= 0.3 is 18.0 Å². The molecular formula is C101H137N18O20+. The van der Waals surface area contributed by atoms with Crippen molar-refractivity contribution in [3.05, 3.63) is 136 Å². The number of fused-ring (bicyclic) bond motifs is 6. The maximum atomic E-state index is 14.9. The van der Waals surface area contributed by atoms with Gasteiger partial charge in [-0.2, -0.15) is 10.1 Å². The largest absolute Gasteiger partial charge is 0.460 e. The number of piperidine rings is 1. The number of cyclic esters (lactones) is 1. The third-order valence-corrected chi connectivity index (χ3v) is 28.2. The lowest BCUT2D eigenvalue weighted by Gasteiger charge is -2.42. The Hall–Kier alpha value is -11.6. The monoisotopic (exact) mass is 1920 g/mol. The van der Waals surface area contributed by atoms with Crippen LogP contribution in [0.2, 0.25) is 0 Å². The number of carbonyl (C=O) groups excluding carboxylic acids is 8. The van der Waals surface area contributed by atoms with E-state index >= 15 is 0 Å². The van der Waals surface area contributed by atoms with E-state index in [9.17, 15) is 48.6 Å². The van der Waals surface area contributed by atoms with Crippen LogP contribution in [0.4, 0.5) is 22.4 Å². The summed E-state index contributed by atoms with van der Waals surface area (Å²) in [5, 5.41) is 36.9. The Morgan fingerprint density at radius 2 is 1.50 bits per heavy atom. The summed E-state index contributed by atoms with van der Waals surface area (Å²) in [6.07, 6.45) is 19.1. The van der Waals surface area contributed by atoms with E-state index in [1.165, 1.54) is 30.1 Å². The lowest BCUT2D eigenvalue weighted by atomic mass is 9.78. The first-order valence-electron chi connectivity index (χ1n) is 48.9. The fourth-order valence-corrected chi connectivity index (χ4v) is 19.9. The topological polar surface area (TPSA) is 474 Å². The summed E-state index contributed by atoms with van der Waals surface area (Å²) in [6.45, 7) is 19.9. The Bertz CT molecular complexity index is 5580. The van der Waals surface area contributed by atoms with Gasteiger partial charge in [-0.05, 0) is 142 Å². The summed E-state index contributed by atoms with van der Waals surface area (Å²) in [6, 6.07) is 9.09. The highest BCUT2D eigenvalue weighted by Crippen LogP contribution is 2.41. The first-order valence-corrected chi connectivity index (χ1v) is 48.9. The molecular weight excluding hydrogens is 1790 g/mol. The number of nitrogen functional groups attached to an aromatic ring is 2. The maximum absolute atomic E-state index is 14.9. The molecule has 1 aliphatic carbocycles.